The van der Waals surface area contributed by atoms with E-state index in [2.05, 4.69) is 9.97 Å². The largest absolute Gasteiger partial charge is 0.374 e. The lowest BCUT2D eigenvalue weighted by atomic mass is 9.98. The summed E-state index contributed by atoms with van der Waals surface area (Å²) in [6.45, 7) is 8.49. The van der Waals surface area contributed by atoms with Gasteiger partial charge in [0.25, 0.3) is 0 Å². The van der Waals surface area contributed by atoms with Crippen molar-refractivity contribution in [3.05, 3.63) is 141 Å². The maximum absolute atomic E-state index is 13.9. The highest BCUT2D eigenvalue weighted by Gasteiger charge is 2.17. The molecule has 2 aliphatic rings. The third-order valence-corrected chi connectivity index (χ3v) is 9.98. The third kappa shape index (κ3) is 8.56. The Morgan fingerprint density at radius 1 is 0.556 bits per heavy atom. The summed E-state index contributed by atoms with van der Waals surface area (Å²) in [5.74, 6) is -3.61. The van der Waals surface area contributed by atoms with Gasteiger partial charge in [-0.1, -0.05) is 26.0 Å². The molecule has 0 saturated carbocycles. The molecule has 0 fully saturated rings. The molecule has 7 rings (SSSR count). The van der Waals surface area contributed by atoms with Gasteiger partial charge in [-0.15, -0.1) is 0 Å². The van der Waals surface area contributed by atoms with E-state index in [0.717, 1.165) is 45.8 Å². The Hall–Kier alpha value is -5.32. The number of fused-ring (bicyclic) bond motifs is 8. The van der Waals surface area contributed by atoms with Crippen LogP contribution in [0.3, 0.4) is 0 Å². The maximum Gasteiger partial charge on any atom is 0.159 e. The summed E-state index contributed by atoms with van der Waals surface area (Å²) in [6, 6.07) is 17.9. The molecule has 6 nitrogen and oxygen atoms in total. The van der Waals surface area contributed by atoms with Crippen molar-refractivity contribution in [1.82, 2.24) is 19.9 Å². The van der Waals surface area contributed by atoms with Crippen molar-refractivity contribution in [1.29, 1.82) is 0 Å². The molecule has 2 N–H and O–H groups in total. The molecular formula is C44H42F4N4O2. The SMILES string of the molecule is [2H]c1c(C(C)OCCC(C)c2ccc(F)c(F)c2)c2cc3cc(C(C)OCCC(C)c4ccc(F)c(F)c4)c(cc4nc(cc5nc(cc1[nH]2)C=C5)C=C4)[nH]3. The van der Waals surface area contributed by atoms with E-state index in [1.165, 1.54) is 12.1 Å². The normalized spacial score (nSPS) is 14.9. The Morgan fingerprint density at radius 3 is 1.59 bits per heavy atom. The lowest BCUT2D eigenvalue weighted by Crippen LogP contribution is -2.05. The van der Waals surface area contributed by atoms with Gasteiger partial charge in [-0.2, -0.15) is 0 Å². The van der Waals surface area contributed by atoms with E-state index >= 15 is 0 Å². The second-order valence-corrected chi connectivity index (χ2v) is 14.0. The number of ether oxygens (including phenoxy) is 2. The van der Waals surface area contributed by atoms with Gasteiger partial charge >= 0.3 is 0 Å². The van der Waals surface area contributed by atoms with Crippen LogP contribution < -0.4 is 0 Å². The summed E-state index contributed by atoms with van der Waals surface area (Å²) < 4.78 is 76.7. The number of hydrogen-bond acceptors (Lipinski definition) is 4. The number of rotatable bonds is 12. The first-order valence-electron chi connectivity index (χ1n) is 18.7. The van der Waals surface area contributed by atoms with Gasteiger partial charge in [-0.05, 0) is 135 Å². The van der Waals surface area contributed by atoms with Crippen molar-refractivity contribution in [2.45, 2.75) is 64.6 Å². The predicted octanol–water partition coefficient (Wildman–Crippen LogP) is 11.8. The molecule has 54 heavy (non-hydrogen) atoms. The molecule has 3 aromatic heterocycles. The van der Waals surface area contributed by atoms with Gasteiger partial charge in [0.1, 0.15) is 0 Å². The Balaban J connectivity index is 1.22. The molecule has 10 heteroatoms. The van der Waals surface area contributed by atoms with E-state index in [-0.39, 0.29) is 24.0 Å². The summed E-state index contributed by atoms with van der Waals surface area (Å²) in [7, 11) is 0. The number of aromatic amines is 2. The van der Waals surface area contributed by atoms with Crippen LogP contribution in [-0.4, -0.2) is 33.1 Å². The standard InChI is InChI=1S/C44H42F4N4O2/c1-25(29-5-11-39(45)41(47)17-29)13-15-53-27(3)37-21-35-20-33-8-7-31(49-33)19-32-9-10-34(50-32)23-43-38(22-36(52-43)24-44(37)51-35)28(4)54-16-14-26(2)30-6-12-40(46)42(48)18-30/h5-12,17-28,51-52H,13-16H2,1-4H3/i21D. The molecule has 278 valence electrons. The summed E-state index contributed by atoms with van der Waals surface area (Å²) in [5.41, 5.74) is 8.71. The molecule has 5 aromatic rings. The number of nitrogens with one attached hydrogen (secondary N) is 2. The van der Waals surface area contributed by atoms with Crippen LogP contribution in [0.15, 0.2) is 72.8 Å². The van der Waals surface area contributed by atoms with Gasteiger partial charge in [-0.3, -0.25) is 0 Å². The highest BCUT2D eigenvalue weighted by Crippen LogP contribution is 2.30. The number of hydrogen-bond donors (Lipinski definition) is 2. The summed E-state index contributed by atoms with van der Waals surface area (Å²) in [5, 5.41) is 0. The lowest BCUT2D eigenvalue weighted by molar-refractivity contribution is 0.0621. The van der Waals surface area contributed by atoms with Crippen LogP contribution in [0.25, 0.3) is 46.4 Å². The zero-order valence-electron chi connectivity index (χ0n) is 31.5. The average Bonchev–Trinajstić information content (AvgIpc) is 3.95. The van der Waals surface area contributed by atoms with Crippen LogP contribution in [0.5, 0.6) is 0 Å². The molecule has 0 amide bonds. The number of nitrogens with zero attached hydrogens (tertiary/aromatic N) is 2. The van der Waals surface area contributed by atoms with Crippen LogP contribution >= 0.6 is 0 Å². The predicted molar refractivity (Wildman–Crippen MR) is 206 cm³/mol. The van der Waals surface area contributed by atoms with E-state index in [9.17, 15) is 18.9 Å². The van der Waals surface area contributed by atoms with Gasteiger partial charge in [0.2, 0.25) is 0 Å². The Bertz CT molecular complexity index is 2460. The third-order valence-electron chi connectivity index (χ3n) is 9.98. The van der Waals surface area contributed by atoms with Crippen molar-refractivity contribution < 1.29 is 28.4 Å². The fourth-order valence-corrected chi connectivity index (χ4v) is 6.71. The smallest absolute Gasteiger partial charge is 0.159 e. The Labute approximate surface area is 313 Å². The first-order valence-corrected chi connectivity index (χ1v) is 18.2. The molecule has 0 radical (unpaired) electrons. The van der Waals surface area contributed by atoms with Gasteiger partial charge in [0.05, 0.1) is 36.4 Å². The summed E-state index contributed by atoms with van der Waals surface area (Å²) in [6.07, 6.45) is 8.02. The molecule has 0 spiro atoms. The minimum atomic E-state index is -0.878. The number of aromatic nitrogens is 4. The fraction of sp³-hybridized carbons (Fsp3) is 0.273. The van der Waals surface area contributed by atoms with Gasteiger partial charge < -0.3 is 19.4 Å². The quantitative estimate of drug-likeness (QED) is 0.123. The minimum absolute atomic E-state index is 0.0446. The molecule has 2 aromatic carbocycles. The topological polar surface area (TPSA) is 75.8 Å². The van der Waals surface area contributed by atoms with E-state index in [0.29, 0.717) is 59.5 Å². The molecule has 8 bridgehead atoms. The highest BCUT2D eigenvalue weighted by molar-refractivity contribution is 5.79. The molecule has 0 saturated heterocycles. The second-order valence-electron chi connectivity index (χ2n) is 14.0. The van der Waals surface area contributed by atoms with Crippen molar-refractivity contribution in [2.75, 3.05) is 13.2 Å². The zero-order valence-corrected chi connectivity index (χ0v) is 30.5. The van der Waals surface area contributed by atoms with Crippen molar-refractivity contribution in [3.8, 4) is 0 Å². The Morgan fingerprint density at radius 2 is 1.04 bits per heavy atom. The van der Waals surface area contributed by atoms with Crippen LogP contribution in [0, 0.1) is 23.3 Å². The van der Waals surface area contributed by atoms with E-state index < -0.39 is 29.4 Å². The van der Waals surface area contributed by atoms with Crippen molar-refractivity contribution in [2.24, 2.45) is 0 Å². The second kappa shape index (κ2) is 16.0. The summed E-state index contributed by atoms with van der Waals surface area (Å²) >= 11 is 0. The number of benzene rings is 2. The lowest BCUT2D eigenvalue weighted by Gasteiger charge is -2.16. The minimum Gasteiger partial charge on any atom is -0.374 e. The molecule has 5 heterocycles. The summed E-state index contributed by atoms with van der Waals surface area (Å²) in [4.78, 5) is 16.5. The maximum atomic E-state index is 13.9. The highest BCUT2D eigenvalue weighted by atomic mass is 19.2. The van der Waals surface area contributed by atoms with Crippen LogP contribution in [0.4, 0.5) is 17.6 Å². The van der Waals surface area contributed by atoms with Crippen molar-refractivity contribution in [3.63, 3.8) is 0 Å². The molecule has 0 aliphatic carbocycles. The van der Waals surface area contributed by atoms with Gasteiger partial charge in [-0.25, -0.2) is 27.5 Å². The van der Waals surface area contributed by atoms with Crippen LogP contribution in [0.1, 0.15) is 111 Å². The van der Waals surface area contributed by atoms with E-state index in [1.54, 1.807) is 12.1 Å². The van der Waals surface area contributed by atoms with Crippen LogP contribution in [-0.2, 0) is 9.47 Å². The van der Waals surface area contributed by atoms with Gasteiger partial charge in [0, 0.05) is 46.4 Å². The fourth-order valence-electron chi connectivity index (χ4n) is 6.71. The average molecular weight is 736 g/mol. The first-order chi connectivity index (χ1) is 26.4. The Kier molecular flexibility index (Phi) is 10.6. The van der Waals surface area contributed by atoms with E-state index in [1.807, 2.05) is 82.3 Å². The van der Waals surface area contributed by atoms with Gasteiger partial charge in [0.15, 0.2) is 23.3 Å². The molecule has 2 aliphatic heterocycles. The molecular weight excluding hydrogens is 693 g/mol. The first kappa shape index (κ1) is 35.7. The van der Waals surface area contributed by atoms with Crippen molar-refractivity contribution >= 4 is 46.4 Å². The number of halogens is 4. The zero-order chi connectivity index (χ0) is 38.8. The molecule has 4 unspecified atom stereocenters. The van der Waals surface area contributed by atoms with Crippen LogP contribution in [0.2, 0.25) is 0 Å². The monoisotopic (exact) mass is 735 g/mol. The molecule has 4 atom stereocenters. The number of H-pyrrole nitrogens is 2. The van der Waals surface area contributed by atoms with E-state index in [4.69, 9.17) is 19.4 Å².